The SMILES string of the molecule is CN(CC(=O)Nc1ccc(C#N)cc1)Cc1ccccc1Cl. The molecular formula is C17H16ClN3O. The third-order valence-electron chi connectivity index (χ3n) is 3.11. The fraction of sp³-hybridized carbons (Fsp3) is 0.176. The summed E-state index contributed by atoms with van der Waals surface area (Å²) in [6, 6.07) is 16.4. The second kappa shape index (κ2) is 7.60. The topological polar surface area (TPSA) is 56.1 Å². The number of nitrogens with zero attached hydrogens (tertiary/aromatic N) is 2. The van der Waals surface area contributed by atoms with E-state index in [4.69, 9.17) is 16.9 Å². The van der Waals surface area contributed by atoms with Crippen LogP contribution in [-0.4, -0.2) is 24.4 Å². The van der Waals surface area contributed by atoms with E-state index in [1.165, 1.54) is 0 Å². The molecule has 0 aromatic heterocycles. The lowest BCUT2D eigenvalue weighted by Crippen LogP contribution is -2.29. The summed E-state index contributed by atoms with van der Waals surface area (Å²) >= 11 is 6.11. The molecule has 5 heteroatoms. The van der Waals surface area contributed by atoms with Crippen LogP contribution < -0.4 is 5.32 Å². The summed E-state index contributed by atoms with van der Waals surface area (Å²) in [5.41, 5.74) is 2.22. The number of nitrogens with one attached hydrogen (secondary N) is 1. The molecule has 0 aliphatic rings. The van der Waals surface area contributed by atoms with Crippen LogP contribution >= 0.6 is 11.6 Å². The lowest BCUT2D eigenvalue weighted by atomic mass is 10.2. The minimum absolute atomic E-state index is 0.112. The highest BCUT2D eigenvalue weighted by molar-refractivity contribution is 6.31. The largest absolute Gasteiger partial charge is 0.325 e. The van der Waals surface area contributed by atoms with Crippen LogP contribution in [0.5, 0.6) is 0 Å². The molecule has 0 bridgehead atoms. The van der Waals surface area contributed by atoms with Crippen molar-refractivity contribution >= 4 is 23.2 Å². The normalized spacial score (nSPS) is 10.3. The summed E-state index contributed by atoms with van der Waals surface area (Å²) in [4.78, 5) is 13.9. The maximum absolute atomic E-state index is 12.0. The molecule has 0 saturated carbocycles. The molecule has 0 aliphatic heterocycles. The van der Waals surface area contributed by atoms with Gasteiger partial charge in [0, 0.05) is 17.3 Å². The summed E-state index contributed by atoms with van der Waals surface area (Å²) in [5.74, 6) is -0.112. The lowest BCUT2D eigenvalue weighted by Gasteiger charge is -2.17. The third-order valence-corrected chi connectivity index (χ3v) is 3.48. The van der Waals surface area contributed by atoms with E-state index in [1.54, 1.807) is 24.3 Å². The van der Waals surface area contributed by atoms with E-state index in [1.807, 2.05) is 42.3 Å². The molecule has 1 N–H and O–H groups in total. The summed E-state index contributed by atoms with van der Waals surface area (Å²) in [5, 5.41) is 12.2. The zero-order valence-corrected chi connectivity index (χ0v) is 13.0. The maximum Gasteiger partial charge on any atom is 0.238 e. The molecule has 4 nitrogen and oxygen atoms in total. The summed E-state index contributed by atoms with van der Waals surface area (Å²) < 4.78 is 0. The minimum atomic E-state index is -0.112. The van der Waals surface area contributed by atoms with E-state index in [2.05, 4.69) is 5.32 Å². The Morgan fingerprint density at radius 3 is 2.55 bits per heavy atom. The molecule has 2 aromatic rings. The van der Waals surface area contributed by atoms with Crippen molar-refractivity contribution < 1.29 is 4.79 Å². The van der Waals surface area contributed by atoms with Gasteiger partial charge in [0.05, 0.1) is 18.2 Å². The maximum atomic E-state index is 12.0. The van der Waals surface area contributed by atoms with Gasteiger partial charge < -0.3 is 5.32 Å². The zero-order valence-electron chi connectivity index (χ0n) is 12.2. The van der Waals surface area contributed by atoms with Crippen LogP contribution in [0.1, 0.15) is 11.1 Å². The van der Waals surface area contributed by atoms with Gasteiger partial charge >= 0.3 is 0 Å². The van der Waals surface area contributed by atoms with Gasteiger partial charge in [0.15, 0.2) is 0 Å². The van der Waals surface area contributed by atoms with Gasteiger partial charge in [-0.05, 0) is 42.9 Å². The standard InChI is InChI=1S/C17H16ClN3O/c1-21(11-14-4-2-3-5-16(14)18)12-17(22)20-15-8-6-13(10-19)7-9-15/h2-9H,11-12H2,1H3,(H,20,22). The number of amides is 1. The number of carbonyl (C=O) groups is 1. The number of hydrogen-bond acceptors (Lipinski definition) is 3. The molecule has 0 radical (unpaired) electrons. The van der Waals surface area contributed by atoms with Crippen molar-refractivity contribution in [2.24, 2.45) is 0 Å². The van der Waals surface area contributed by atoms with Crippen molar-refractivity contribution in [3.63, 3.8) is 0 Å². The van der Waals surface area contributed by atoms with E-state index in [9.17, 15) is 4.79 Å². The van der Waals surface area contributed by atoms with Gasteiger partial charge in [0.25, 0.3) is 0 Å². The van der Waals surface area contributed by atoms with E-state index in [0.717, 1.165) is 5.56 Å². The quantitative estimate of drug-likeness (QED) is 0.921. The Hall–Kier alpha value is -2.35. The van der Waals surface area contributed by atoms with E-state index >= 15 is 0 Å². The average Bonchev–Trinajstić information content (AvgIpc) is 2.50. The Morgan fingerprint density at radius 1 is 1.23 bits per heavy atom. The Morgan fingerprint density at radius 2 is 1.91 bits per heavy atom. The molecule has 22 heavy (non-hydrogen) atoms. The molecule has 0 aliphatic carbocycles. The predicted molar refractivity (Wildman–Crippen MR) is 87.6 cm³/mol. The monoisotopic (exact) mass is 313 g/mol. The highest BCUT2D eigenvalue weighted by Gasteiger charge is 2.09. The highest BCUT2D eigenvalue weighted by atomic mass is 35.5. The van der Waals surface area contributed by atoms with Gasteiger partial charge in [0.1, 0.15) is 0 Å². The van der Waals surface area contributed by atoms with Crippen LogP contribution in [0, 0.1) is 11.3 Å². The lowest BCUT2D eigenvalue weighted by molar-refractivity contribution is -0.117. The first-order chi connectivity index (χ1) is 10.6. The smallest absolute Gasteiger partial charge is 0.238 e. The van der Waals surface area contributed by atoms with Crippen LogP contribution in [0.3, 0.4) is 0 Å². The number of nitriles is 1. The summed E-state index contributed by atoms with van der Waals surface area (Å²) in [6.45, 7) is 0.853. The molecular weight excluding hydrogens is 298 g/mol. The van der Waals surface area contributed by atoms with Crippen LogP contribution in [-0.2, 0) is 11.3 Å². The predicted octanol–water partition coefficient (Wildman–Crippen LogP) is 3.28. The zero-order chi connectivity index (χ0) is 15.9. The molecule has 1 amide bonds. The number of likely N-dealkylation sites (N-methyl/N-ethyl adjacent to an activating group) is 1. The van der Waals surface area contributed by atoms with Gasteiger partial charge in [-0.1, -0.05) is 29.8 Å². The number of anilines is 1. The molecule has 0 heterocycles. The number of carbonyl (C=O) groups excluding carboxylic acids is 1. The molecule has 112 valence electrons. The van der Waals surface area contributed by atoms with Crippen molar-refractivity contribution in [2.75, 3.05) is 18.9 Å². The van der Waals surface area contributed by atoms with Crippen molar-refractivity contribution in [1.82, 2.24) is 4.90 Å². The molecule has 0 spiro atoms. The molecule has 0 atom stereocenters. The first-order valence-corrected chi connectivity index (χ1v) is 7.18. The summed E-state index contributed by atoms with van der Waals surface area (Å²) in [6.07, 6.45) is 0. The Kier molecular flexibility index (Phi) is 5.54. The van der Waals surface area contributed by atoms with Crippen molar-refractivity contribution in [3.8, 4) is 6.07 Å². The van der Waals surface area contributed by atoms with Crippen molar-refractivity contribution in [1.29, 1.82) is 5.26 Å². The van der Waals surface area contributed by atoms with Crippen LogP contribution in [0.15, 0.2) is 48.5 Å². The fourth-order valence-corrected chi connectivity index (χ4v) is 2.24. The van der Waals surface area contributed by atoms with Crippen LogP contribution in [0.2, 0.25) is 5.02 Å². The molecule has 0 fully saturated rings. The van der Waals surface area contributed by atoms with E-state index < -0.39 is 0 Å². The third kappa shape index (κ3) is 4.59. The number of hydrogen-bond donors (Lipinski definition) is 1. The van der Waals surface area contributed by atoms with Gasteiger partial charge in [-0.3, -0.25) is 9.69 Å². The fourth-order valence-electron chi connectivity index (χ4n) is 2.05. The minimum Gasteiger partial charge on any atom is -0.325 e. The van der Waals surface area contributed by atoms with Crippen LogP contribution in [0.25, 0.3) is 0 Å². The van der Waals surface area contributed by atoms with E-state index in [-0.39, 0.29) is 12.5 Å². The summed E-state index contributed by atoms with van der Waals surface area (Å²) in [7, 11) is 1.86. The first kappa shape index (κ1) is 16.0. The molecule has 2 rings (SSSR count). The molecule has 2 aromatic carbocycles. The van der Waals surface area contributed by atoms with Gasteiger partial charge in [0.2, 0.25) is 5.91 Å². The average molecular weight is 314 g/mol. The number of benzene rings is 2. The van der Waals surface area contributed by atoms with Crippen molar-refractivity contribution in [2.45, 2.75) is 6.54 Å². The van der Waals surface area contributed by atoms with Crippen molar-refractivity contribution in [3.05, 3.63) is 64.7 Å². The Balaban J connectivity index is 1.88. The Bertz CT molecular complexity index is 692. The van der Waals surface area contributed by atoms with E-state index in [0.29, 0.717) is 22.8 Å². The molecule has 0 saturated heterocycles. The Labute approximate surface area is 134 Å². The van der Waals surface area contributed by atoms with Gasteiger partial charge in [-0.25, -0.2) is 0 Å². The van der Waals surface area contributed by atoms with Crippen LogP contribution in [0.4, 0.5) is 5.69 Å². The number of halogens is 1. The first-order valence-electron chi connectivity index (χ1n) is 6.80. The second-order valence-electron chi connectivity index (χ2n) is 5.00. The molecule has 0 unspecified atom stereocenters. The number of rotatable bonds is 5. The highest BCUT2D eigenvalue weighted by Crippen LogP contribution is 2.16. The second-order valence-corrected chi connectivity index (χ2v) is 5.41. The van der Waals surface area contributed by atoms with Gasteiger partial charge in [-0.2, -0.15) is 5.26 Å². The van der Waals surface area contributed by atoms with Gasteiger partial charge in [-0.15, -0.1) is 0 Å².